The second-order valence-corrected chi connectivity index (χ2v) is 6.58. The number of nitro groups is 1. The van der Waals surface area contributed by atoms with E-state index in [-0.39, 0.29) is 10.6 Å². The predicted molar refractivity (Wildman–Crippen MR) is 85.6 cm³/mol. The molecule has 0 bridgehead atoms. The van der Waals surface area contributed by atoms with Gasteiger partial charge in [0.15, 0.2) is 0 Å². The molecule has 1 fully saturated rings. The van der Waals surface area contributed by atoms with E-state index in [1.165, 1.54) is 25.7 Å². The van der Waals surface area contributed by atoms with Crippen molar-refractivity contribution in [1.82, 2.24) is 0 Å². The fourth-order valence-electron chi connectivity index (χ4n) is 2.70. The van der Waals surface area contributed by atoms with Gasteiger partial charge in [0.1, 0.15) is 0 Å². The van der Waals surface area contributed by atoms with Gasteiger partial charge in [-0.05, 0) is 66.3 Å². The van der Waals surface area contributed by atoms with Crippen LogP contribution in [0.2, 0.25) is 0 Å². The summed E-state index contributed by atoms with van der Waals surface area (Å²) in [5, 5.41) is 10.8. The average molecular weight is 374 g/mol. The minimum Gasteiger partial charge on any atom is -0.372 e. The maximum absolute atomic E-state index is 10.8. The Morgan fingerprint density at radius 1 is 1.32 bits per heavy atom. The highest BCUT2D eigenvalue weighted by Crippen LogP contribution is 2.31. The third-order valence-corrected chi connectivity index (χ3v) is 4.93. The quantitative estimate of drug-likeness (QED) is 0.452. The third-order valence-electron chi connectivity index (χ3n) is 4.07. The van der Waals surface area contributed by atoms with Crippen molar-refractivity contribution >= 4 is 34.0 Å². The molecule has 1 aliphatic carbocycles. The summed E-state index contributed by atoms with van der Waals surface area (Å²) in [6.45, 7) is 2.31. The number of benzene rings is 1. The molecule has 104 valence electrons. The predicted octanol–water partition coefficient (Wildman–Crippen LogP) is 4.21. The Morgan fingerprint density at radius 2 is 1.95 bits per heavy atom. The van der Waals surface area contributed by atoms with E-state index >= 15 is 0 Å². The molecule has 1 saturated carbocycles. The van der Waals surface area contributed by atoms with Gasteiger partial charge in [0.25, 0.3) is 5.69 Å². The Morgan fingerprint density at radius 3 is 2.47 bits per heavy atom. The number of nitrogens with zero attached hydrogens (tertiary/aromatic N) is 2. The van der Waals surface area contributed by atoms with E-state index in [0.717, 1.165) is 11.6 Å². The monoisotopic (exact) mass is 374 g/mol. The molecule has 0 atom stereocenters. The van der Waals surface area contributed by atoms with Crippen LogP contribution in [-0.4, -0.2) is 18.0 Å². The summed E-state index contributed by atoms with van der Waals surface area (Å²) in [6, 6.07) is 5.95. The van der Waals surface area contributed by atoms with E-state index in [1.54, 1.807) is 6.07 Å². The highest BCUT2D eigenvalue weighted by Gasteiger charge is 2.23. The van der Waals surface area contributed by atoms with Crippen LogP contribution in [0.4, 0.5) is 11.4 Å². The molecule has 0 unspecified atom stereocenters. The fraction of sp³-hybridized carbons (Fsp3) is 0.571. The van der Waals surface area contributed by atoms with Crippen molar-refractivity contribution in [3.8, 4) is 0 Å². The van der Waals surface area contributed by atoms with Gasteiger partial charge >= 0.3 is 0 Å². The number of hydrogen-bond donors (Lipinski definition) is 0. The molecule has 0 heterocycles. The normalized spacial score (nSPS) is 23.1. The minimum atomic E-state index is -0.326. The zero-order valence-corrected chi connectivity index (χ0v) is 13.5. The highest BCUT2D eigenvalue weighted by atomic mass is 127. The molecule has 0 spiro atoms. The first kappa shape index (κ1) is 14.6. The van der Waals surface area contributed by atoms with Crippen LogP contribution in [0.5, 0.6) is 0 Å². The lowest BCUT2D eigenvalue weighted by atomic mass is 9.86. The topological polar surface area (TPSA) is 46.4 Å². The molecule has 0 saturated heterocycles. The SMILES string of the molecule is CC1CCC(N(C)c2ccc([N+](=O)[O-])c(I)c2)CC1. The second kappa shape index (κ2) is 6.07. The van der Waals surface area contributed by atoms with Crippen LogP contribution in [0.25, 0.3) is 0 Å². The van der Waals surface area contributed by atoms with Crippen LogP contribution in [0, 0.1) is 19.6 Å². The summed E-state index contributed by atoms with van der Waals surface area (Å²) in [4.78, 5) is 12.8. The number of anilines is 1. The summed E-state index contributed by atoms with van der Waals surface area (Å²) < 4.78 is 0.705. The largest absolute Gasteiger partial charge is 0.372 e. The molecular weight excluding hydrogens is 355 g/mol. The van der Waals surface area contributed by atoms with Gasteiger partial charge in [-0.25, -0.2) is 0 Å². The molecule has 1 aromatic rings. The van der Waals surface area contributed by atoms with Crippen molar-refractivity contribution in [3.05, 3.63) is 31.9 Å². The van der Waals surface area contributed by atoms with Gasteiger partial charge < -0.3 is 4.90 Å². The molecular formula is C14H19IN2O2. The Hall–Kier alpha value is -0.850. The third kappa shape index (κ3) is 3.38. The Bertz CT molecular complexity index is 471. The van der Waals surface area contributed by atoms with Gasteiger partial charge in [-0.2, -0.15) is 0 Å². The molecule has 0 aliphatic heterocycles. The van der Waals surface area contributed by atoms with Crippen molar-refractivity contribution in [2.45, 2.75) is 38.6 Å². The maximum atomic E-state index is 10.8. The van der Waals surface area contributed by atoms with Crippen LogP contribution in [0.15, 0.2) is 18.2 Å². The molecule has 1 aromatic carbocycles. The number of rotatable bonds is 3. The Kier molecular flexibility index (Phi) is 4.65. The van der Waals surface area contributed by atoms with Crippen molar-refractivity contribution in [2.75, 3.05) is 11.9 Å². The first-order valence-corrected chi connectivity index (χ1v) is 7.73. The summed E-state index contributed by atoms with van der Waals surface area (Å²) >= 11 is 2.04. The lowest BCUT2D eigenvalue weighted by molar-refractivity contribution is -0.385. The van der Waals surface area contributed by atoms with Crippen LogP contribution in [0.3, 0.4) is 0 Å². The molecule has 0 amide bonds. The van der Waals surface area contributed by atoms with E-state index < -0.39 is 0 Å². The van der Waals surface area contributed by atoms with Gasteiger partial charge in [-0.15, -0.1) is 0 Å². The van der Waals surface area contributed by atoms with E-state index in [1.807, 2.05) is 34.7 Å². The Balaban J connectivity index is 2.13. The first-order valence-electron chi connectivity index (χ1n) is 6.66. The molecule has 1 aliphatic rings. The van der Waals surface area contributed by atoms with Crippen molar-refractivity contribution in [2.24, 2.45) is 5.92 Å². The van der Waals surface area contributed by atoms with Gasteiger partial charge in [-0.3, -0.25) is 10.1 Å². The molecule has 4 nitrogen and oxygen atoms in total. The molecule has 19 heavy (non-hydrogen) atoms. The smallest absolute Gasteiger partial charge is 0.282 e. The van der Waals surface area contributed by atoms with Crippen LogP contribution in [0.1, 0.15) is 32.6 Å². The fourth-order valence-corrected chi connectivity index (χ4v) is 3.40. The summed E-state index contributed by atoms with van der Waals surface area (Å²) in [6.07, 6.45) is 4.98. The lowest BCUT2D eigenvalue weighted by Gasteiger charge is -2.35. The van der Waals surface area contributed by atoms with Gasteiger partial charge in [0, 0.05) is 24.8 Å². The van der Waals surface area contributed by atoms with Crippen molar-refractivity contribution < 1.29 is 4.92 Å². The number of hydrogen-bond acceptors (Lipinski definition) is 3. The average Bonchev–Trinajstić information content (AvgIpc) is 2.38. The van der Waals surface area contributed by atoms with Gasteiger partial charge in [0.05, 0.1) is 8.49 Å². The van der Waals surface area contributed by atoms with Gasteiger partial charge in [0.2, 0.25) is 0 Å². The zero-order valence-electron chi connectivity index (χ0n) is 11.3. The lowest BCUT2D eigenvalue weighted by Crippen LogP contribution is -2.34. The standard InChI is InChI=1S/C14H19IN2O2/c1-10-3-5-11(6-4-10)16(2)12-7-8-14(17(18)19)13(15)9-12/h7-11H,3-6H2,1-2H3. The van der Waals surface area contributed by atoms with E-state index in [0.29, 0.717) is 9.61 Å². The van der Waals surface area contributed by atoms with E-state index in [2.05, 4.69) is 18.9 Å². The highest BCUT2D eigenvalue weighted by molar-refractivity contribution is 14.1. The molecule has 2 rings (SSSR count). The van der Waals surface area contributed by atoms with Crippen LogP contribution in [-0.2, 0) is 0 Å². The van der Waals surface area contributed by atoms with Crippen LogP contribution < -0.4 is 4.90 Å². The molecule has 5 heteroatoms. The van der Waals surface area contributed by atoms with Crippen LogP contribution >= 0.6 is 22.6 Å². The first-order chi connectivity index (χ1) is 8.99. The van der Waals surface area contributed by atoms with Crippen molar-refractivity contribution in [3.63, 3.8) is 0 Å². The maximum Gasteiger partial charge on any atom is 0.282 e. The number of nitro benzene ring substituents is 1. The molecule has 0 aromatic heterocycles. The minimum absolute atomic E-state index is 0.190. The van der Waals surface area contributed by atoms with E-state index in [9.17, 15) is 10.1 Å². The summed E-state index contributed by atoms with van der Waals surface area (Å²) in [5.41, 5.74) is 1.27. The molecule has 0 radical (unpaired) electrons. The Labute approximate surface area is 127 Å². The number of halogens is 1. The summed E-state index contributed by atoms with van der Waals surface area (Å²) in [7, 11) is 2.10. The zero-order chi connectivity index (χ0) is 14.0. The molecule has 0 N–H and O–H groups in total. The summed E-state index contributed by atoms with van der Waals surface area (Å²) in [5.74, 6) is 0.835. The van der Waals surface area contributed by atoms with Gasteiger partial charge in [-0.1, -0.05) is 6.92 Å². The van der Waals surface area contributed by atoms with Crippen molar-refractivity contribution in [1.29, 1.82) is 0 Å². The second-order valence-electron chi connectivity index (χ2n) is 5.42. The van der Waals surface area contributed by atoms with E-state index in [4.69, 9.17) is 0 Å².